The summed E-state index contributed by atoms with van der Waals surface area (Å²) in [4.78, 5) is 9.73. The van der Waals surface area contributed by atoms with Crippen molar-refractivity contribution in [2.24, 2.45) is 0 Å². The molecule has 1 unspecified atom stereocenters. The third-order valence-electron chi connectivity index (χ3n) is 2.92. The Labute approximate surface area is 109 Å². The normalized spacial score (nSPS) is 20.6. The number of aliphatic hydroxyl groups is 1. The average molecular weight is 287 g/mol. The Kier molecular flexibility index (Phi) is 3.43. The molecule has 0 aromatic heterocycles. The number of β-amino-alcohol motifs (C(OH)–C–C–N with tert-alkyl or cyclic N) is 1. The van der Waals surface area contributed by atoms with Gasteiger partial charge in [0.25, 0.3) is 5.69 Å². The second kappa shape index (κ2) is 4.76. The van der Waals surface area contributed by atoms with E-state index >= 15 is 0 Å². The van der Waals surface area contributed by atoms with Crippen molar-refractivity contribution < 1.29 is 18.4 Å². The van der Waals surface area contributed by atoms with Gasteiger partial charge in [0.1, 0.15) is 0 Å². The molecule has 1 aliphatic heterocycles. The largest absolute Gasteiger partial charge is 0.399 e. The van der Waals surface area contributed by atoms with Crippen LogP contribution in [0.4, 0.5) is 11.4 Å². The van der Waals surface area contributed by atoms with E-state index < -0.39 is 31.6 Å². The number of nitrogens with zero attached hydrogens (tertiary/aromatic N) is 2. The number of hydrogen-bond donors (Lipinski definition) is 2. The van der Waals surface area contributed by atoms with Crippen LogP contribution in [0, 0.1) is 10.1 Å². The summed E-state index contributed by atoms with van der Waals surface area (Å²) in [5.74, 6) is 0. The van der Waals surface area contributed by atoms with Gasteiger partial charge >= 0.3 is 0 Å². The van der Waals surface area contributed by atoms with Gasteiger partial charge in [-0.3, -0.25) is 10.1 Å². The topological polar surface area (TPSA) is 127 Å². The molecule has 1 heterocycles. The lowest BCUT2D eigenvalue weighted by Crippen LogP contribution is -2.30. The molecule has 8 nitrogen and oxygen atoms in total. The zero-order valence-corrected chi connectivity index (χ0v) is 10.7. The van der Waals surface area contributed by atoms with Crippen LogP contribution in [0.15, 0.2) is 23.1 Å². The van der Waals surface area contributed by atoms with Crippen LogP contribution in [0.2, 0.25) is 0 Å². The van der Waals surface area contributed by atoms with Gasteiger partial charge in [0.05, 0.1) is 11.0 Å². The van der Waals surface area contributed by atoms with Gasteiger partial charge < -0.3 is 10.8 Å². The number of nitro benzene ring substituents is 1. The molecule has 0 amide bonds. The summed E-state index contributed by atoms with van der Waals surface area (Å²) in [5.41, 5.74) is 4.99. The third kappa shape index (κ3) is 2.53. The summed E-state index contributed by atoms with van der Waals surface area (Å²) in [6.45, 7) is 0.0922. The van der Waals surface area contributed by atoms with E-state index in [1.54, 1.807) is 0 Å². The van der Waals surface area contributed by atoms with Crippen molar-refractivity contribution in [2.45, 2.75) is 17.4 Å². The first kappa shape index (κ1) is 13.7. The Morgan fingerprint density at radius 2 is 2.16 bits per heavy atom. The lowest BCUT2D eigenvalue weighted by atomic mass is 10.3. The van der Waals surface area contributed by atoms with Crippen LogP contribution in [0.5, 0.6) is 0 Å². The summed E-state index contributed by atoms with van der Waals surface area (Å²) in [7, 11) is -3.99. The number of nitrogen functional groups attached to an aromatic ring is 1. The number of benzene rings is 1. The SMILES string of the molecule is Nc1ccc(S(=O)(=O)N2CCC(O)C2)c([N+](=O)[O-])c1. The van der Waals surface area contributed by atoms with Gasteiger partial charge in [0, 0.05) is 24.8 Å². The lowest BCUT2D eigenvalue weighted by Gasteiger charge is -2.15. The number of nitro groups is 1. The first-order valence-electron chi connectivity index (χ1n) is 5.54. The van der Waals surface area contributed by atoms with Gasteiger partial charge in [-0.15, -0.1) is 0 Å². The van der Waals surface area contributed by atoms with Gasteiger partial charge in [-0.2, -0.15) is 4.31 Å². The maximum atomic E-state index is 12.3. The van der Waals surface area contributed by atoms with Crippen molar-refractivity contribution in [1.82, 2.24) is 4.31 Å². The highest BCUT2D eigenvalue weighted by molar-refractivity contribution is 7.89. The number of nitrogens with two attached hydrogens (primary N) is 1. The molecule has 0 saturated carbocycles. The van der Waals surface area contributed by atoms with Crippen molar-refractivity contribution in [2.75, 3.05) is 18.8 Å². The highest BCUT2D eigenvalue weighted by atomic mass is 32.2. The highest BCUT2D eigenvalue weighted by Gasteiger charge is 2.35. The monoisotopic (exact) mass is 287 g/mol. The fraction of sp³-hybridized carbons (Fsp3) is 0.400. The van der Waals surface area contributed by atoms with Crippen LogP contribution >= 0.6 is 0 Å². The molecule has 0 aliphatic carbocycles. The van der Waals surface area contributed by atoms with Crippen LogP contribution in [0.1, 0.15) is 6.42 Å². The Balaban J connectivity index is 2.49. The van der Waals surface area contributed by atoms with Crippen molar-refractivity contribution in [3.63, 3.8) is 0 Å². The molecule has 9 heteroatoms. The average Bonchev–Trinajstić information content (AvgIpc) is 2.76. The fourth-order valence-electron chi connectivity index (χ4n) is 1.96. The number of aliphatic hydroxyl groups excluding tert-OH is 1. The van der Waals surface area contributed by atoms with Gasteiger partial charge in [0.2, 0.25) is 10.0 Å². The van der Waals surface area contributed by atoms with E-state index in [-0.39, 0.29) is 18.8 Å². The van der Waals surface area contributed by atoms with E-state index in [0.29, 0.717) is 6.42 Å². The van der Waals surface area contributed by atoms with Crippen molar-refractivity contribution >= 4 is 21.4 Å². The summed E-state index contributed by atoms with van der Waals surface area (Å²) in [5, 5.41) is 20.3. The summed E-state index contributed by atoms with van der Waals surface area (Å²) >= 11 is 0. The predicted octanol–water partition coefficient (Wildman–Crippen LogP) is -0.0677. The van der Waals surface area contributed by atoms with E-state index in [4.69, 9.17) is 5.73 Å². The Morgan fingerprint density at radius 3 is 2.68 bits per heavy atom. The quantitative estimate of drug-likeness (QED) is 0.455. The van der Waals surface area contributed by atoms with Crippen molar-refractivity contribution in [1.29, 1.82) is 0 Å². The molecule has 1 aromatic rings. The molecule has 1 aliphatic rings. The van der Waals surface area contributed by atoms with Crippen LogP contribution < -0.4 is 5.73 Å². The molecule has 1 saturated heterocycles. The molecule has 1 atom stereocenters. The maximum Gasteiger partial charge on any atom is 0.291 e. The van der Waals surface area contributed by atoms with Crippen LogP contribution in [-0.4, -0.2) is 41.9 Å². The molecule has 1 aromatic carbocycles. The Morgan fingerprint density at radius 1 is 1.47 bits per heavy atom. The fourth-order valence-corrected chi connectivity index (χ4v) is 3.59. The minimum atomic E-state index is -3.99. The Bertz CT molecular complexity index is 616. The molecule has 0 bridgehead atoms. The smallest absolute Gasteiger partial charge is 0.291 e. The Hall–Kier alpha value is -1.71. The molecular weight excluding hydrogens is 274 g/mol. The van der Waals surface area contributed by atoms with E-state index in [0.717, 1.165) is 16.4 Å². The summed E-state index contributed by atoms with van der Waals surface area (Å²) in [6, 6.07) is 3.43. The highest BCUT2D eigenvalue weighted by Crippen LogP contribution is 2.30. The van der Waals surface area contributed by atoms with Crippen LogP contribution in [0.25, 0.3) is 0 Å². The molecule has 0 spiro atoms. The van der Waals surface area contributed by atoms with E-state index in [9.17, 15) is 23.6 Å². The van der Waals surface area contributed by atoms with Crippen LogP contribution in [0.3, 0.4) is 0 Å². The number of sulfonamides is 1. The minimum absolute atomic E-state index is 0.0517. The van der Waals surface area contributed by atoms with Crippen LogP contribution in [-0.2, 0) is 10.0 Å². The number of anilines is 1. The molecular formula is C10H13N3O5S. The van der Waals surface area contributed by atoms with Gasteiger partial charge in [-0.05, 0) is 18.6 Å². The third-order valence-corrected chi connectivity index (χ3v) is 4.84. The van der Waals surface area contributed by atoms with E-state index in [1.807, 2.05) is 0 Å². The molecule has 19 heavy (non-hydrogen) atoms. The zero-order valence-electron chi connectivity index (χ0n) is 9.89. The molecule has 104 valence electrons. The molecule has 2 rings (SSSR count). The molecule has 1 fully saturated rings. The standard InChI is InChI=1S/C10H13N3O5S/c11-7-1-2-10(9(5-7)13(15)16)19(17,18)12-4-3-8(14)6-12/h1-2,5,8,14H,3-4,6,11H2. The lowest BCUT2D eigenvalue weighted by molar-refractivity contribution is -0.387. The minimum Gasteiger partial charge on any atom is -0.399 e. The number of rotatable bonds is 3. The van der Waals surface area contributed by atoms with E-state index in [2.05, 4.69) is 0 Å². The molecule has 3 N–H and O–H groups in total. The van der Waals surface area contributed by atoms with Crippen molar-refractivity contribution in [3.8, 4) is 0 Å². The summed E-state index contributed by atoms with van der Waals surface area (Å²) < 4.78 is 25.6. The second-order valence-electron chi connectivity index (χ2n) is 4.29. The predicted molar refractivity (Wildman–Crippen MR) is 66.9 cm³/mol. The first-order valence-corrected chi connectivity index (χ1v) is 6.98. The van der Waals surface area contributed by atoms with Crippen molar-refractivity contribution in [3.05, 3.63) is 28.3 Å². The van der Waals surface area contributed by atoms with Gasteiger partial charge in [0.15, 0.2) is 4.90 Å². The molecule has 0 radical (unpaired) electrons. The van der Waals surface area contributed by atoms with Gasteiger partial charge in [-0.25, -0.2) is 8.42 Å². The summed E-state index contributed by atoms with van der Waals surface area (Å²) in [6.07, 6.45) is -0.412. The zero-order chi connectivity index (χ0) is 14.2. The van der Waals surface area contributed by atoms with Gasteiger partial charge in [-0.1, -0.05) is 0 Å². The van der Waals surface area contributed by atoms with E-state index in [1.165, 1.54) is 6.07 Å². The first-order chi connectivity index (χ1) is 8.82. The second-order valence-corrected chi connectivity index (χ2v) is 6.20. The number of hydrogen-bond acceptors (Lipinski definition) is 6. The maximum absolute atomic E-state index is 12.3.